The molecule has 0 aliphatic heterocycles. The van der Waals surface area contributed by atoms with Gasteiger partial charge < -0.3 is 9.73 Å². The lowest BCUT2D eigenvalue weighted by atomic mass is 10.0. The first kappa shape index (κ1) is 10.9. The SMILES string of the molecule is C#CC(NCC)c1c(C)oc(C)c1C. The summed E-state index contributed by atoms with van der Waals surface area (Å²) in [6, 6.07) is -0.0301. The summed E-state index contributed by atoms with van der Waals surface area (Å²) in [6.07, 6.45) is 5.48. The van der Waals surface area contributed by atoms with Gasteiger partial charge in [-0.3, -0.25) is 0 Å². The number of hydrogen-bond donors (Lipinski definition) is 1. The van der Waals surface area contributed by atoms with Crippen LogP contribution in [0.2, 0.25) is 0 Å². The molecule has 76 valence electrons. The Labute approximate surface area is 85.7 Å². The van der Waals surface area contributed by atoms with Gasteiger partial charge in [0.1, 0.15) is 11.5 Å². The topological polar surface area (TPSA) is 25.2 Å². The predicted octanol–water partition coefficient (Wildman–Crippen LogP) is 2.49. The van der Waals surface area contributed by atoms with E-state index in [1.807, 2.05) is 27.7 Å². The molecule has 0 aliphatic carbocycles. The predicted molar refractivity (Wildman–Crippen MR) is 58.2 cm³/mol. The average Bonchev–Trinajstić information content (AvgIpc) is 2.39. The molecule has 0 aromatic carbocycles. The maximum atomic E-state index is 5.54. The lowest BCUT2D eigenvalue weighted by molar-refractivity contribution is 0.496. The van der Waals surface area contributed by atoms with Gasteiger partial charge in [-0.05, 0) is 32.9 Å². The van der Waals surface area contributed by atoms with Gasteiger partial charge in [0.05, 0.1) is 6.04 Å². The number of hydrogen-bond acceptors (Lipinski definition) is 2. The standard InChI is InChI=1S/C12H17NO/c1-6-11(13-7-2)12-8(3)9(4)14-10(12)5/h1,11,13H,7H2,2-5H3. The van der Waals surface area contributed by atoms with Gasteiger partial charge in [-0.1, -0.05) is 12.8 Å². The number of aryl methyl sites for hydroxylation is 2. The fourth-order valence-corrected chi connectivity index (χ4v) is 1.68. The monoisotopic (exact) mass is 191 g/mol. The zero-order chi connectivity index (χ0) is 10.7. The van der Waals surface area contributed by atoms with Crippen LogP contribution in [0.5, 0.6) is 0 Å². The van der Waals surface area contributed by atoms with Crippen molar-refractivity contribution in [2.75, 3.05) is 6.54 Å². The molecular formula is C12H17NO. The number of nitrogens with one attached hydrogen (secondary N) is 1. The quantitative estimate of drug-likeness (QED) is 0.742. The summed E-state index contributed by atoms with van der Waals surface area (Å²) in [5, 5.41) is 3.25. The van der Waals surface area contributed by atoms with Gasteiger partial charge in [0.25, 0.3) is 0 Å². The third-order valence-corrected chi connectivity index (χ3v) is 2.48. The zero-order valence-electron chi connectivity index (χ0n) is 9.27. The Kier molecular flexibility index (Phi) is 3.38. The number of rotatable bonds is 3. The van der Waals surface area contributed by atoms with Crippen molar-refractivity contribution in [1.82, 2.24) is 5.32 Å². The van der Waals surface area contributed by atoms with E-state index in [0.29, 0.717) is 0 Å². The van der Waals surface area contributed by atoms with Crippen molar-refractivity contribution in [3.8, 4) is 12.3 Å². The molecule has 0 amide bonds. The fourth-order valence-electron chi connectivity index (χ4n) is 1.68. The first-order chi connectivity index (χ1) is 6.61. The molecule has 0 fully saturated rings. The Bertz CT molecular complexity index is 357. The van der Waals surface area contributed by atoms with Crippen molar-refractivity contribution >= 4 is 0 Å². The minimum Gasteiger partial charge on any atom is -0.466 e. The van der Waals surface area contributed by atoms with E-state index in [9.17, 15) is 0 Å². The van der Waals surface area contributed by atoms with E-state index in [2.05, 4.69) is 11.2 Å². The van der Waals surface area contributed by atoms with Crippen molar-refractivity contribution in [2.24, 2.45) is 0 Å². The summed E-state index contributed by atoms with van der Waals surface area (Å²) in [5.41, 5.74) is 2.28. The first-order valence-corrected chi connectivity index (χ1v) is 4.87. The van der Waals surface area contributed by atoms with Crippen LogP contribution in [0.1, 0.15) is 35.6 Å². The summed E-state index contributed by atoms with van der Waals surface area (Å²) < 4.78 is 5.54. The molecule has 1 unspecified atom stereocenters. The summed E-state index contributed by atoms with van der Waals surface area (Å²) in [4.78, 5) is 0. The molecule has 2 heteroatoms. The molecule has 0 radical (unpaired) electrons. The fraction of sp³-hybridized carbons (Fsp3) is 0.500. The van der Waals surface area contributed by atoms with Gasteiger partial charge >= 0.3 is 0 Å². The van der Waals surface area contributed by atoms with Crippen LogP contribution >= 0.6 is 0 Å². The largest absolute Gasteiger partial charge is 0.466 e. The molecule has 1 aromatic rings. The summed E-state index contributed by atoms with van der Waals surface area (Å²) >= 11 is 0. The van der Waals surface area contributed by atoms with Crippen LogP contribution in [0.15, 0.2) is 4.42 Å². The number of terminal acetylenes is 1. The maximum absolute atomic E-state index is 5.54. The smallest absolute Gasteiger partial charge is 0.107 e. The highest BCUT2D eigenvalue weighted by Gasteiger charge is 2.18. The molecule has 0 saturated carbocycles. The third kappa shape index (κ3) is 1.83. The molecular weight excluding hydrogens is 174 g/mol. The molecule has 0 saturated heterocycles. The normalized spacial score (nSPS) is 12.5. The molecule has 1 heterocycles. The van der Waals surface area contributed by atoms with Gasteiger partial charge in [-0.25, -0.2) is 0 Å². The lowest BCUT2D eigenvalue weighted by Gasteiger charge is -2.11. The second-order valence-electron chi connectivity index (χ2n) is 3.41. The third-order valence-electron chi connectivity index (χ3n) is 2.48. The van der Waals surface area contributed by atoms with Gasteiger partial charge in [0, 0.05) is 5.56 Å². The van der Waals surface area contributed by atoms with Crippen LogP contribution in [0.4, 0.5) is 0 Å². The van der Waals surface area contributed by atoms with E-state index in [1.54, 1.807) is 0 Å². The van der Waals surface area contributed by atoms with E-state index < -0.39 is 0 Å². The molecule has 14 heavy (non-hydrogen) atoms. The van der Waals surface area contributed by atoms with Crippen LogP contribution in [-0.4, -0.2) is 6.54 Å². The highest BCUT2D eigenvalue weighted by molar-refractivity contribution is 5.37. The Hall–Kier alpha value is -1.20. The molecule has 1 aromatic heterocycles. The van der Waals surface area contributed by atoms with Crippen LogP contribution in [-0.2, 0) is 0 Å². The molecule has 0 spiro atoms. The lowest BCUT2D eigenvalue weighted by Crippen LogP contribution is -2.20. The minimum atomic E-state index is -0.0301. The maximum Gasteiger partial charge on any atom is 0.107 e. The minimum absolute atomic E-state index is 0.0301. The van der Waals surface area contributed by atoms with Gasteiger partial charge in [-0.2, -0.15) is 0 Å². The van der Waals surface area contributed by atoms with E-state index in [4.69, 9.17) is 10.8 Å². The molecule has 1 atom stereocenters. The zero-order valence-corrected chi connectivity index (χ0v) is 9.27. The van der Waals surface area contributed by atoms with Gasteiger partial charge in [0.2, 0.25) is 0 Å². The molecule has 2 nitrogen and oxygen atoms in total. The Morgan fingerprint density at radius 1 is 1.36 bits per heavy atom. The highest BCUT2D eigenvalue weighted by atomic mass is 16.3. The second-order valence-corrected chi connectivity index (χ2v) is 3.41. The van der Waals surface area contributed by atoms with Crippen molar-refractivity contribution in [3.63, 3.8) is 0 Å². The van der Waals surface area contributed by atoms with Crippen molar-refractivity contribution < 1.29 is 4.42 Å². The van der Waals surface area contributed by atoms with E-state index in [-0.39, 0.29) is 6.04 Å². The Balaban J connectivity index is 3.10. The average molecular weight is 191 g/mol. The second kappa shape index (κ2) is 4.34. The summed E-state index contributed by atoms with van der Waals surface area (Å²) in [7, 11) is 0. The molecule has 0 aliphatic rings. The Morgan fingerprint density at radius 3 is 2.36 bits per heavy atom. The summed E-state index contributed by atoms with van der Waals surface area (Å²) in [5.74, 6) is 4.62. The van der Waals surface area contributed by atoms with Crippen LogP contribution < -0.4 is 5.32 Å². The van der Waals surface area contributed by atoms with Gasteiger partial charge in [-0.15, -0.1) is 6.42 Å². The van der Waals surface area contributed by atoms with Crippen molar-refractivity contribution in [1.29, 1.82) is 0 Å². The Morgan fingerprint density at radius 2 is 2.00 bits per heavy atom. The van der Waals surface area contributed by atoms with Gasteiger partial charge in [0.15, 0.2) is 0 Å². The van der Waals surface area contributed by atoms with Crippen LogP contribution in [0, 0.1) is 33.1 Å². The van der Waals surface area contributed by atoms with Crippen LogP contribution in [0.3, 0.4) is 0 Å². The van der Waals surface area contributed by atoms with E-state index in [0.717, 1.165) is 29.2 Å². The molecule has 0 bridgehead atoms. The van der Waals surface area contributed by atoms with Crippen molar-refractivity contribution in [3.05, 3.63) is 22.6 Å². The van der Waals surface area contributed by atoms with Crippen molar-refractivity contribution in [2.45, 2.75) is 33.7 Å². The molecule has 1 rings (SSSR count). The van der Waals surface area contributed by atoms with E-state index >= 15 is 0 Å². The first-order valence-electron chi connectivity index (χ1n) is 4.87. The number of furan rings is 1. The van der Waals surface area contributed by atoms with Crippen LogP contribution in [0.25, 0.3) is 0 Å². The highest BCUT2D eigenvalue weighted by Crippen LogP contribution is 2.26. The molecule has 1 N–H and O–H groups in total. The summed E-state index contributed by atoms with van der Waals surface area (Å²) in [6.45, 7) is 8.87. The van der Waals surface area contributed by atoms with E-state index in [1.165, 1.54) is 0 Å².